The lowest BCUT2D eigenvalue weighted by Crippen LogP contribution is -2.57. The van der Waals surface area contributed by atoms with Gasteiger partial charge in [-0.05, 0) is 83.6 Å². The number of aromatic amines is 1. The van der Waals surface area contributed by atoms with Crippen molar-refractivity contribution in [3.8, 4) is 0 Å². The van der Waals surface area contributed by atoms with E-state index in [2.05, 4.69) is 31.2 Å². The summed E-state index contributed by atoms with van der Waals surface area (Å²) < 4.78 is 5.38. The number of carbonyl (C=O) groups is 5. The second kappa shape index (κ2) is 22.4. The van der Waals surface area contributed by atoms with Gasteiger partial charge in [-0.1, -0.05) is 38.2 Å². The number of hydrogen-bond donors (Lipinski definition) is 6. The van der Waals surface area contributed by atoms with E-state index < -0.39 is 47.8 Å². The summed E-state index contributed by atoms with van der Waals surface area (Å²) in [6, 6.07) is 1.38. The molecule has 56 heavy (non-hydrogen) atoms. The van der Waals surface area contributed by atoms with Crippen molar-refractivity contribution in [2.24, 2.45) is 5.92 Å². The van der Waals surface area contributed by atoms with Crippen molar-refractivity contribution >= 4 is 41.4 Å². The van der Waals surface area contributed by atoms with Crippen molar-refractivity contribution in [3.05, 3.63) is 40.6 Å². The van der Waals surface area contributed by atoms with Gasteiger partial charge in [0.15, 0.2) is 6.04 Å². The number of aromatic nitrogens is 2. The molecule has 16 nitrogen and oxygen atoms in total. The second-order valence-electron chi connectivity index (χ2n) is 15.7. The van der Waals surface area contributed by atoms with Crippen LogP contribution in [0.1, 0.15) is 109 Å². The smallest absolute Gasteiger partial charge is 0.434 e. The Kier molecular flexibility index (Phi) is 17.7. The van der Waals surface area contributed by atoms with Gasteiger partial charge in [-0.2, -0.15) is 5.06 Å². The van der Waals surface area contributed by atoms with Gasteiger partial charge in [0.05, 0.1) is 18.5 Å². The van der Waals surface area contributed by atoms with Gasteiger partial charge in [-0.25, -0.2) is 19.4 Å². The summed E-state index contributed by atoms with van der Waals surface area (Å²) >= 11 is 1.51. The number of hydroxylamine groups is 2. The number of urea groups is 1. The molecule has 0 aromatic carbocycles. The number of ether oxygens (including phenoxy) is 1. The van der Waals surface area contributed by atoms with E-state index in [4.69, 9.17) is 9.57 Å². The van der Waals surface area contributed by atoms with E-state index in [0.29, 0.717) is 63.2 Å². The summed E-state index contributed by atoms with van der Waals surface area (Å²) in [5.74, 6) is -0.816. The Balaban J connectivity index is 1.52. The van der Waals surface area contributed by atoms with Crippen molar-refractivity contribution < 1.29 is 38.7 Å². The van der Waals surface area contributed by atoms with Gasteiger partial charge in [0, 0.05) is 61.8 Å². The molecule has 17 heteroatoms. The average molecular weight is 803 g/mol. The van der Waals surface area contributed by atoms with E-state index >= 15 is 0 Å². The highest BCUT2D eigenvalue weighted by Crippen LogP contribution is 2.29. The van der Waals surface area contributed by atoms with Crippen LogP contribution in [0.3, 0.4) is 0 Å². The van der Waals surface area contributed by atoms with Crippen LogP contribution in [0.25, 0.3) is 0 Å². The van der Waals surface area contributed by atoms with Crippen LogP contribution in [0.2, 0.25) is 0 Å². The predicted molar refractivity (Wildman–Crippen MR) is 211 cm³/mol. The standard InChI is InChI=1S/C39H62N8O8S/c1-5-41-36(51)42-19-9-14-33(48)31(23-27-11-7-6-8-12-27)45-35(50)32(24-29-25-40-26-43-29)47(34(49)16-15-30-13-10-22-56-30)55-38(53)46-20-17-28(18-21-46)44-37(52)54-39(2,3)4/h10,13,22,25-28,31-33,48H,5-9,11-12,14-21,23-24H2,1-4H3,(H,40,43)(H,44,52)(H,45,50)(H2,41,42,51)/t31-,32?,33-/m0/s1. The quantitative estimate of drug-likeness (QED) is 0.0958. The number of likely N-dealkylation sites (tertiary alicyclic amines) is 1. The number of aliphatic hydroxyl groups is 1. The molecule has 6 amide bonds. The van der Waals surface area contributed by atoms with Crippen molar-refractivity contribution in [3.63, 3.8) is 0 Å². The molecule has 0 radical (unpaired) electrons. The molecule has 2 aromatic heterocycles. The third-order valence-electron chi connectivity index (χ3n) is 10.0. The molecule has 6 N–H and O–H groups in total. The number of nitrogens with one attached hydrogen (secondary N) is 5. The average Bonchev–Trinajstić information content (AvgIpc) is 3.88. The first kappa shape index (κ1) is 44.3. The molecule has 3 heterocycles. The number of alkyl carbamates (subject to hydrolysis) is 1. The minimum absolute atomic E-state index is 0.0187. The zero-order valence-corrected chi connectivity index (χ0v) is 34.2. The summed E-state index contributed by atoms with van der Waals surface area (Å²) in [6.07, 6.45) is 8.66. The van der Waals surface area contributed by atoms with Gasteiger partial charge in [0.2, 0.25) is 5.91 Å². The molecule has 2 aromatic rings. The first-order chi connectivity index (χ1) is 26.8. The molecular weight excluding hydrogens is 741 g/mol. The maximum absolute atomic E-state index is 14.5. The third-order valence-corrected chi connectivity index (χ3v) is 11.0. The molecule has 1 unspecified atom stereocenters. The monoisotopic (exact) mass is 802 g/mol. The van der Waals surface area contributed by atoms with Crippen LogP contribution in [-0.4, -0.2) is 111 Å². The molecule has 2 fully saturated rings. The summed E-state index contributed by atoms with van der Waals surface area (Å²) in [5.41, 5.74) is -0.0986. The molecule has 0 spiro atoms. The minimum Gasteiger partial charge on any atom is -0.444 e. The Hall–Kier alpha value is -4.38. The molecule has 1 aliphatic heterocycles. The summed E-state index contributed by atoms with van der Waals surface area (Å²) in [4.78, 5) is 82.1. The second-order valence-corrected chi connectivity index (χ2v) is 16.7. The molecule has 1 saturated heterocycles. The number of imidazole rings is 1. The van der Waals surface area contributed by atoms with E-state index in [1.807, 2.05) is 24.4 Å². The van der Waals surface area contributed by atoms with Crippen LogP contribution in [0, 0.1) is 5.92 Å². The van der Waals surface area contributed by atoms with Crippen molar-refractivity contribution in [1.29, 1.82) is 0 Å². The Labute approximate surface area is 334 Å². The lowest BCUT2D eigenvalue weighted by atomic mass is 9.83. The fourth-order valence-corrected chi connectivity index (χ4v) is 7.81. The first-order valence-electron chi connectivity index (χ1n) is 20.1. The molecule has 1 saturated carbocycles. The van der Waals surface area contributed by atoms with Crippen LogP contribution < -0.4 is 21.3 Å². The first-order valence-corrected chi connectivity index (χ1v) is 21.0. The Bertz CT molecular complexity index is 1510. The van der Waals surface area contributed by atoms with Crippen molar-refractivity contribution in [2.75, 3.05) is 26.2 Å². The van der Waals surface area contributed by atoms with Gasteiger partial charge >= 0.3 is 18.2 Å². The van der Waals surface area contributed by atoms with Gasteiger partial charge in [-0.3, -0.25) is 9.59 Å². The predicted octanol–water partition coefficient (Wildman–Crippen LogP) is 4.80. The summed E-state index contributed by atoms with van der Waals surface area (Å²) in [6.45, 7) is 8.54. The summed E-state index contributed by atoms with van der Waals surface area (Å²) in [7, 11) is 0. The number of piperidine rings is 1. The lowest BCUT2D eigenvalue weighted by molar-refractivity contribution is -0.183. The topological polar surface area (TPSA) is 207 Å². The number of thiophene rings is 1. The van der Waals surface area contributed by atoms with Gasteiger partial charge in [0.25, 0.3) is 5.91 Å². The van der Waals surface area contributed by atoms with Gasteiger partial charge < -0.3 is 45.8 Å². The van der Waals surface area contributed by atoms with E-state index in [1.54, 1.807) is 27.0 Å². The van der Waals surface area contributed by atoms with E-state index in [1.165, 1.54) is 22.6 Å². The lowest BCUT2D eigenvalue weighted by Gasteiger charge is -2.36. The summed E-state index contributed by atoms with van der Waals surface area (Å²) in [5, 5.41) is 25.7. The Morgan fingerprint density at radius 2 is 1.84 bits per heavy atom. The maximum Gasteiger partial charge on any atom is 0.434 e. The van der Waals surface area contributed by atoms with Crippen molar-refractivity contribution in [2.45, 2.75) is 141 Å². The van der Waals surface area contributed by atoms with Crippen molar-refractivity contribution in [1.82, 2.24) is 41.2 Å². The number of H-pyrrole nitrogens is 1. The van der Waals surface area contributed by atoms with Crippen LogP contribution in [-0.2, 0) is 32.0 Å². The number of carbonyl (C=O) groups excluding carboxylic acids is 5. The molecule has 1 aliphatic carbocycles. The van der Waals surface area contributed by atoms with E-state index in [-0.39, 0.29) is 38.0 Å². The molecule has 0 bridgehead atoms. The number of rotatable bonds is 17. The fraction of sp³-hybridized carbons (Fsp3) is 0.692. The van der Waals surface area contributed by atoms with E-state index in [9.17, 15) is 29.1 Å². The van der Waals surface area contributed by atoms with Crippen LogP contribution >= 0.6 is 11.3 Å². The SMILES string of the molecule is CCNC(=O)NCCC[C@H](O)[C@H](CC1CCCCC1)NC(=O)C(Cc1cnc[nH]1)N(OC(=O)N1CCC(NC(=O)OC(C)(C)C)CC1)C(=O)CCc1cccs1. The molecule has 312 valence electrons. The minimum atomic E-state index is -1.29. The molecule has 4 rings (SSSR count). The van der Waals surface area contributed by atoms with Gasteiger partial charge in [0.1, 0.15) is 5.60 Å². The number of aryl methyl sites for hydroxylation is 1. The highest BCUT2D eigenvalue weighted by atomic mass is 32.1. The number of aliphatic hydroxyl groups excluding tert-OH is 1. The normalized spacial score (nSPS) is 16.9. The van der Waals surface area contributed by atoms with Crippen LogP contribution in [0.15, 0.2) is 30.0 Å². The largest absolute Gasteiger partial charge is 0.444 e. The highest BCUT2D eigenvalue weighted by Gasteiger charge is 2.38. The molecular formula is C39H62N8O8S. The number of hydrogen-bond acceptors (Lipinski definition) is 10. The zero-order chi connectivity index (χ0) is 40.5. The molecule has 3 atom stereocenters. The highest BCUT2D eigenvalue weighted by molar-refractivity contribution is 7.09. The zero-order valence-electron chi connectivity index (χ0n) is 33.3. The Morgan fingerprint density at radius 3 is 2.48 bits per heavy atom. The van der Waals surface area contributed by atoms with Crippen LogP contribution in [0.4, 0.5) is 14.4 Å². The van der Waals surface area contributed by atoms with E-state index in [0.717, 1.165) is 42.0 Å². The number of nitrogens with zero attached hydrogens (tertiary/aromatic N) is 3. The Morgan fingerprint density at radius 1 is 1.09 bits per heavy atom. The third kappa shape index (κ3) is 15.3. The van der Waals surface area contributed by atoms with Crippen LogP contribution in [0.5, 0.6) is 0 Å². The fourth-order valence-electron chi connectivity index (χ4n) is 7.10. The maximum atomic E-state index is 14.5. The molecule has 2 aliphatic rings. The van der Waals surface area contributed by atoms with Gasteiger partial charge in [-0.15, -0.1) is 11.3 Å². The number of amides is 6.